The number of hydrogen-bond acceptors (Lipinski definition) is 4. The van der Waals surface area contributed by atoms with E-state index >= 15 is 0 Å². The maximum atomic E-state index is 13.1. The zero-order chi connectivity index (χ0) is 22.2. The monoisotopic (exact) mass is 444 g/mol. The summed E-state index contributed by atoms with van der Waals surface area (Å²) >= 11 is 6.13. The maximum absolute atomic E-state index is 13.1. The van der Waals surface area contributed by atoms with Crippen LogP contribution in [-0.2, 0) is 9.59 Å². The average molecular weight is 445 g/mol. The second kappa shape index (κ2) is 11.5. The fourth-order valence-electron chi connectivity index (χ4n) is 4.52. The van der Waals surface area contributed by atoms with E-state index in [1.807, 2.05) is 19.1 Å². The number of anilines is 1. The van der Waals surface area contributed by atoms with Gasteiger partial charge < -0.3 is 9.80 Å². The van der Waals surface area contributed by atoms with Crippen LogP contribution in [0.3, 0.4) is 0 Å². The molecule has 0 aromatic heterocycles. The number of nitrogens with zero attached hydrogens (tertiary/aromatic N) is 4. The highest BCUT2D eigenvalue weighted by atomic mass is 35.5. The summed E-state index contributed by atoms with van der Waals surface area (Å²) < 4.78 is 0. The Kier molecular flexibility index (Phi) is 8.74. The Morgan fingerprint density at radius 1 is 1.13 bits per heavy atom. The number of hydrogen-bond donors (Lipinski definition) is 0. The summed E-state index contributed by atoms with van der Waals surface area (Å²) in [4.78, 5) is 31.9. The fraction of sp³-hybridized carbons (Fsp3) is 0.625. The zero-order valence-corrected chi connectivity index (χ0v) is 19.2. The lowest BCUT2D eigenvalue weighted by Crippen LogP contribution is -2.46. The zero-order valence-electron chi connectivity index (χ0n) is 18.5. The van der Waals surface area contributed by atoms with Crippen molar-refractivity contribution in [2.45, 2.75) is 51.9 Å². The third-order valence-electron chi connectivity index (χ3n) is 6.41. The number of aryl methyl sites for hydroxylation is 1. The predicted octanol–water partition coefficient (Wildman–Crippen LogP) is 4.01. The summed E-state index contributed by atoms with van der Waals surface area (Å²) in [6.07, 6.45) is 6.56. The van der Waals surface area contributed by atoms with E-state index in [-0.39, 0.29) is 18.2 Å². The number of carbonyl (C=O) groups is 2. The van der Waals surface area contributed by atoms with Crippen LogP contribution in [0.1, 0.15) is 50.5 Å². The van der Waals surface area contributed by atoms with Gasteiger partial charge in [0.25, 0.3) is 0 Å². The molecule has 2 saturated heterocycles. The molecule has 2 aliphatic rings. The minimum Gasteiger partial charge on any atom is -0.342 e. The molecule has 0 radical (unpaired) electrons. The van der Waals surface area contributed by atoms with Gasteiger partial charge in [-0.3, -0.25) is 14.5 Å². The van der Waals surface area contributed by atoms with Crippen LogP contribution >= 0.6 is 11.6 Å². The second-order valence-corrected chi connectivity index (χ2v) is 9.08. The summed E-state index contributed by atoms with van der Waals surface area (Å²) in [6.45, 7) is 5.87. The number of carbonyl (C=O) groups excluding carboxylic acids is 2. The van der Waals surface area contributed by atoms with Crippen molar-refractivity contribution >= 4 is 29.1 Å². The molecule has 1 aromatic rings. The predicted molar refractivity (Wildman–Crippen MR) is 123 cm³/mol. The minimum absolute atomic E-state index is 0.0192. The van der Waals surface area contributed by atoms with Crippen molar-refractivity contribution in [2.24, 2.45) is 5.92 Å². The lowest BCUT2D eigenvalue weighted by molar-refractivity contribution is -0.137. The first kappa shape index (κ1) is 23.6. The van der Waals surface area contributed by atoms with Crippen LogP contribution in [0.2, 0.25) is 5.02 Å². The van der Waals surface area contributed by atoms with Crippen LogP contribution < -0.4 is 4.90 Å². The number of nitriles is 1. The molecular weight excluding hydrogens is 412 g/mol. The lowest BCUT2D eigenvalue weighted by Gasteiger charge is -2.34. The highest BCUT2D eigenvalue weighted by Crippen LogP contribution is 2.25. The van der Waals surface area contributed by atoms with Gasteiger partial charge in [-0.1, -0.05) is 24.4 Å². The summed E-state index contributed by atoms with van der Waals surface area (Å²) in [7, 11) is 0. The minimum atomic E-state index is -0.0192. The van der Waals surface area contributed by atoms with Crippen molar-refractivity contribution in [3.05, 3.63) is 28.8 Å². The summed E-state index contributed by atoms with van der Waals surface area (Å²) in [5.74, 6) is 0.368. The van der Waals surface area contributed by atoms with Gasteiger partial charge >= 0.3 is 0 Å². The standard InChI is InChI=1S/C24H33ClN4O2/c1-19-17-21(7-8-22(19)25)29(14-6-11-26)23(30)18-27-15-9-20(10-16-27)24(31)28-12-4-2-3-5-13-28/h7-8,17,20H,2-6,9-10,12-16,18H2,1H3. The molecule has 7 heteroatoms. The quantitative estimate of drug-likeness (QED) is 0.664. The van der Waals surface area contributed by atoms with Gasteiger partial charge in [-0.25, -0.2) is 0 Å². The molecule has 1 aromatic carbocycles. The van der Waals surface area contributed by atoms with Gasteiger partial charge in [-0.15, -0.1) is 0 Å². The van der Waals surface area contributed by atoms with Gasteiger partial charge in [0.15, 0.2) is 0 Å². The average Bonchev–Trinajstić information content (AvgIpc) is 3.06. The van der Waals surface area contributed by atoms with Crippen LogP contribution in [0, 0.1) is 24.2 Å². The van der Waals surface area contributed by atoms with Gasteiger partial charge in [0, 0.05) is 36.3 Å². The Bertz CT molecular complexity index is 806. The Morgan fingerprint density at radius 2 is 1.81 bits per heavy atom. The molecule has 0 saturated carbocycles. The van der Waals surface area contributed by atoms with Crippen LogP contribution in [-0.4, -0.2) is 60.9 Å². The molecule has 2 heterocycles. The molecule has 31 heavy (non-hydrogen) atoms. The maximum Gasteiger partial charge on any atom is 0.241 e. The lowest BCUT2D eigenvalue weighted by atomic mass is 9.95. The number of piperidine rings is 1. The van der Waals surface area contributed by atoms with Gasteiger partial charge in [0.1, 0.15) is 0 Å². The molecule has 168 valence electrons. The van der Waals surface area contributed by atoms with Crippen molar-refractivity contribution < 1.29 is 9.59 Å². The van der Waals surface area contributed by atoms with Gasteiger partial charge in [-0.2, -0.15) is 5.26 Å². The van der Waals surface area contributed by atoms with Crippen LogP contribution in [0.25, 0.3) is 0 Å². The number of likely N-dealkylation sites (tertiary alicyclic amines) is 2. The molecule has 0 bridgehead atoms. The molecule has 2 fully saturated rings. The van der Waals surface area contributed by atoms with E-state index in [2.05, 4.69) is 15.9 Å². The smallest absolute Gasteiger partial charge is 0.241 e. The normalized spacial score (nSPS) is 18.3. The molecule has 0 atom stereocenters. The second-order valence-electron chi connectivity index (χ2n) is 8.68. The van der Waals surface area contributed by atoms with E-state index in [4.69, 9.17) is 16.9 Å². The Balaban J connectivity index is 1.56. The summed E-state index contributed by atoms with van der Waals surface area (Å²) in [5, 5.41) is 9.67. The highest BCUT2D eigenvalue weighted by Gasteiger charge is 2.30. The Morgan fingerprint density at radius 3 is 2.42 bits per heavy atom. The highest BCUT2D eigenvalue weighted by molar-refractivity contribution is 6.31. The molecule has 3 rings (SSSR count). The molecule has 6 nitrogen and oxygen atoms in total. The van der Waals surface area contributed by atoms with Crippen molar-refractivity contribution in [1.29, 1.82) is 5.26 Å². The van der Waals surface area contributed by atoms with Crippen LogP contribution in [0.15, 0.2) is 18.2 Å². The molecule has 0 N–H and O–H groups in total. The van der Waals surface area contributed by atoms with E-state index in [0.29, 0.717) is 24.0 Å². The Hall–Kier alpha value is -2.10. The van der Waals surface area contributed by atoms with E-state index in [9.17, 15) is 9.59 Å². The van der Waals surface area contributed by atoms with E-state index in [1.54, 1.807) is 11.0 Å². The van der Waals surface area contributed by atoms with E-state index in [1.165, 1.54) is 12.8 Å². The first-order valence-corrected chi connectivity index (χ1v) is 11.8. The van der Waals surface area contributed by atoms with Crippen molar-refractivity contribution in [1.82, 2.24) is 9.80 Å². The number of benzene rings is 1. The third-order valence-corrected chi connectivity index (χ3v) is 6.84. The van der Waals surface area contributed by atoms with Gasteiger partial charge in [-0.05, 0) is 69.5 Å². The van der Waals surface area contributed by atoms with E-state index < -0.39 is 0 Å². The van der Waals surface area contributed by atoms with Crippen LogP contribution in [0.4, 0.5) is 5.69 Å². The summed E-state index contributed by atoms with van der Waals surface area (Å²) in [6, 6.07) is 7.64. The van der Waals surface area contributed by atoms with Gasteiger partial charge in [0.2, 0.25) is 11.8 Å². The topological polar surface area (TPSA) is 67.6 Å². The number of amides is 2. The number of halogens is 1. The van der Waals surface area contributed by atoms with Crippen molar-refractivity contribution in [3.63, 3.8) is 0 Å². The van der Waals surface area contributed by atoms with Crippen molar-refractivity contribution in [2.75, 3.05) is 44.2 Å². The number of rotatable bonds is 6. The molecule has 2 aliphatic heterocycles. The molecule has 0 unspecified atom stereocenters. The van der Waals surface area contributed by atoms with Crippen LogP contribution in [0.5, 0.6) is 0 Å². The molecule has 2 amide bonds. The molecular formula is C24H33ClN4O2. The molecule has 0 spiro atoms. The first-order valence-electron chi connectivity index (χ1n) is 11.4. The van der Waals surface area contributed by atoms with Gasteiger partial charge in [0.05, 0.1) is 19.0 Å². The third kappa shape index (κ3) is 6.44. The largest absolute Gasteiger partial charge is 0.342 e. The summed E-state index contributed by atoms with van der Waals surface area (Å²) in [5.41, 5.74) is 1.68. The fourth-order valence-corrected chi connectivity index (χ4v) is 4.64. The molecule has 0 aliphatic carbocycles. The Labute approximate surface area is 190 Å². The SMILES string of the molecule is Cc1cc(N(CCC#N)C(=O)CN2CCC(C(=O)N3CCCCCC3)CC2)ccc1Cl. The van der Waals surface area contributed by atoms with E-state index in [0.717, 1.165) is 63.1 Å². The first-order chi connectivity index (χ1) is 15.0. The van der Waals surface area contributed by atoms with Crippen molar-refractivity contribution in [3.8, 4) is 6.07 Å².